The minimum absolute atomic E-state index is 0.761. The summed E-state index contributed by atoms with van der Waals surface area (Å²) in [5, 5.41) is 3.68. The van der Waals surface area contributed by atoms with Crippen LogP contribution < -0.4 is 5.32 Å². The first-order chi connectivity index (χ1) is 7.77. The molecule has 0 aliphatic carbocycles. The van der Waals surface area contributed by atoms with Crippen LogP contribution in [0.2, 0.25) is 0 Å². The average Bonchev–Trinajstić information content (AvgIpc) is 2.28. The summed E-state index contributed by atoms with van der Waals surface area (Å²) >= 11 is 1.96. The number of likely N-dealkylation sites (tertiary alicyclic amines) is 1. The molecular formula is C13H28N2S. The predicted molar refractivity (Wildman–Crippen MR) is 75.3 cm³/mol. The first-order valence-electron chi connectivity index (χ1n) is 6.72. The van der Waals surface area contributed by atoms with E-state index in [1.807, 2.05) is 11.8 Å². The molecule has 1 aliphatic rings. The molecule has 2 nitrogen and oxygen atoms in total. The van der Waals surface area contributed by atoms with E-state index in [0.29, 0.717) is 0 Å². The van der Waals surface area contributed by atoms with Crippen molar-refractivity contribution in [2.24, 2.45) is 5.92 Å². The lowest BCUT2D eigenvalue weighted by Crippen LogP contribution is -2.48. The third-order valence-electron chi connectivity index (χ3n) is 3.47. The average molecular weight is 244 g/mol. The van der Waals surface area contributed by atoms with Crippen molar-refractivity contribution < 1.29 is 0 Å². The molecule has 1 rings (SSSR count). The summed E-state index contributed by atoms with van der Waals surface area (Å²) in [6, 6.07) is 0.761. The van der Waals surface area contributed by atoms with Gasteiger partial charge in [-0.2, -0.15) is 11.8 Å². The Balaban J connectivity index is 2.17. The fraction of sp³-hybridized carbons (Fsp3) is 1.00. The Morgan fingerprint density at radius 3 is 2.88 bits per heavy atom. The zero-order chi connectivity index (χ0) is 11.8. The lowest BCUT2D eigenvalue weighted by atomic mass is 9.93. The topological polar surface area (TPSA) is 15.3 Å². The smallest absolute Gasteiger partial charge is 0.0117 e. The van der Waals surface area contributed by atoms with E-state index in [1.54, 1.807) is 0 Å². The molecule has 0 saturated carbocycles. The number of nitrogens with zero attached hydrogens (tertiary/aromatic N) is 1. The highest BCUT2D eigenvalue weighted by atomic mass is 32.2. The third kappa shape index (κ3) is 5.07. The van der Waals surface area contributed by atoms with Gasteiger partial charge in [-0.25, -0.2) is 0 Å². The minimum atomic E-state index is 0.761. The van der Waals surface area contributed by atoms with Crippen LogP contribution in [0.4, 0.5) is 0 Å². The molecule has 0 bridgehead atoms. The van der Waals surface area contributed by atoms with Gasteiger partial charge in [0.2, 0.25) is 0 Å². The van der Waals surface area contributed by atoms with Crippen molar-refractivity contribution in [2.45, 2.75) is 39.2 Å². The fourth-order valence-electron chi connectivity index (χ4n) is 2.50. The van der Waals surface area contributed by atoms with Crippen molar-refractivity contribution in [2.75, 3.05) is 38.2 Å². The van der Waals surface area contributed by atoms with Crippen LogP contribution in [0.3, 0.4) is 0 Å². The lowest BCUT2D eigenvalue weighted by molar-refractivity contribution is 0.148. The molecule has 16 heavy (non-hydrogen) atoms. The van der Waals surface area contributed by atoms with E-state index in [-0.39, 0.29) is 0 Å². The van der Waals surface area contributed by atoms with E-state index < -0.39 is 0 Å². The number of thioether (sulfide) groups is 1. The van der Waals surface area contributed by atoms with Crippen molar-refractivity contribution in [3.8, 4) is 0 Å². The minimum Gasteiger partial charge on any atom is -0.314 e. The van der Waals surface area contributed by atoms with Gasteiger partial charge in [-0.1, -0.05) is 13.8 Å². The second-order valence-electron chi connectivity index (χ2n) is 4.97. The van der Waals surface area contributed by atoms with Crippen LogP contribution in [-0.2, 0) is 0 Å². The van der Waals surface area contributed by atoms with Gasteiger partial charge < -0.3 is 10.2 Å². The maximum Gasteiger partial charge on any atom is 0.0117 e. The Morgan fingerprint density at radius 2 is 2.25 bits per heavy atom. The molecule has 0 aromatic heterocycles. The first kappa shape index (κ1) is 14.3. The molecule has 3 heteroatoms. The quantitative estimate of drug-likeness (QED) is 0.693. The molecule has 0 spiro atoms. The monoisotopic (exact) mass is 244 g/mol. The summed E-state index contributed by atoms with van der Waals surface area (Å²) < 4.78 is 0. The number of piperidine rings is 1. The van der Waals surface area contributed by atoms with Gasteiger partial charge in [0, 0.05) is 12.6 Å². The van der Waals surface area contributed by atoms with Crippen LogP contribution in [0, 0.1) is 5.92 Å². The van der Waals surface area contributed by atoms with E-state index in [2.05, 4.69) is 30.3 Å². The second kappa shape index (κ2) is 8.37. The molecule has 2 unspecified atom stereocenters. The second-order valence-corrected chi connectivity index (χ2v) is 5.96. The molecule has 1 fully saturated rings. The molecule has 2 atom stereocenters. The molecular weight excluding hydrogens is 216 g/mol. The molecule has 0 amide bonds. The summed E-state index contributed by atoms with van der Waals surface area (Å²) in [6.07, 6.45) is 6.13. The molecule has 96 valence electrons. The predicted octanol–water partition coefficient (Wildman–Crippen LogP) is 2.45. The highest BCUT2D eigenvalue weighted by Crippen LogP contribution is 2.17. The first-order valence-corrected chi connectivity index (χ1v) is 8.12. The van der Waals surface area contributed by atoms with Gasteiger partial charge in [0.1, 0.15) is 0 Å². The zero-order valence-corrected chi connectivity index (χ0v) is 12.0. The van der Waals surface area contributed by atoms with Crippen LogP contribution in [0.5, 0.6) is 0 Å². The summed E-state index contributed by atoms with van der Waals surface area (Å²) in [4.78, 5) is 2.64. The lowest BCUT2D eigenvalue weighted by Gasteiger charge is -2.37. The maximum atomic E-state index is 3.68. The van der Waals surface area contributed by atoms with E-state index in [4.69, 9.17) is 0 Å². The van der Waals surface area contributed by atoms with E-state index >= 15 is 0 Å². The van der Waals surface area contributed by atoms with Crippen molar-refractivity contribution in [1.29, 1.82) is 0 Å². The van der Waals surface area contributed by atoms with Crippen LogP contribution in [0.1, 0.15) is 33.1 Å². The van der Waals surface area contributed by atoms with Gasteiger partial charge in [0.05, 0.1) is 0 Å². The largest absolute Gasteiger partial charge is 0.314 e. The van der Waals surface area contributed by atoms with Gasteiger partial charge in [0.25, 0.3) is 0 Å². The van der Waals surface area contributed by atoms with E-state index in [1.165, 1.54) is 51.2 Å². The van der Waals surface area contributed by atoms with Gasteiger partial charge >= 0.3 is 0 Å². The Hall–Kier alpha value is 0.270. The van der Waals surface area contributed by atoms with E-state index in [0.717, 1.165) is 12.0 Å². The van der Waals surface area contributed by atoms with Gasteiger partial charge in [-0.3, -0.25) is 0 Å². The number of hydrogen-bond acceptors (Lipinski definition) is 3. The van der Waals surface area contributed by atoms with Gasteiger partial charge in [0.15, 0.2) is 0 Å². The molecule has 1 aliphatic heterocycles. The third-order valence-corrected chi connectivity index (χ3v) is 4.17. The molecule has 0 aromatic rings. The fourth-order valence-corrected chi connectivity index (χ4v) is 2.92. The number of nitrogens with one attached hydrogen (secondary N) is 1. The molecule has 1 heterocycles. The summed E-state index contributed by atoms with van der Waals surface area (Å²) in [6.45, 7) is 9.70. The number of rotatable bonds is 7. The van der Waals surface area contributed by atoms with Crippen molar-refractivity contribution >= 4 is 11.8 Å². The van der Waals surface area contributed by atoms with Crippen molar-refractivity contribution in [1.82, 2.24) is 10.2 Å². The van der Waals surface area contributed by atoms with E-state index in [9.17, 15) is 0 Å². The highest BCUT2D eigenvalue weighted by molar-refractivity contribution is 7.98. The van der Waals surface area contributed by atoms with Crippen LogP contribution >= 0.6 is 11.8 Å². The molecule has 0 radical (unpaired) electrons. The van der Waals surface area contributed by atoms with Crippen molar-refractivity contribution in [3.63, 3.8) is 0 Å². The van der Waals surface area contributed by atoms with Crippen LogP contribution in [0.15, 0.2) is 0 Å². The van der Waals surface area contributed by atoms with Crippen LogP contribution in [-0.4, -0.2) is 49.1 Å². The summed E-state index contributed by atoms with van der Waals surface area (Å²) in [5.41, 5.74) is 0. The molecule has 0 aromatic carbocycles. The summed E-state index contributed by atoms with van der Waals surface area (Å²) in [5.74, 6) is 2.12. The van der Waals surface area contributed by atoms with Gasteiger partial charge in [-0.05, 0) is 56.8 Å². The zero-order valence-electron chi connectivity index (χ0n) is 11.2. The Bertz CT molecular complexity index is 175. The van der Waals surface area contributed by atoms with Gasteiger partial charge in [-0.15, -0.1) is 0 Å². The summed E-state index contributed by atoms with van der Waals surface area (Å²) in [7, 11) is 0. The Morgan fingerprint density at radius 1 is 1.44 bits per heavy atom. The Kier molecular flexibility index (Phi) is 7.50. The molecule has 1 N–H and O–H groups in total. The Labute approximate surface area is 106 Å². The normalized spacial score (nSPS) is 27.2. The standard InChI is InChI=1S/C13H28N2S/c1-4-7-14-13-6-9-15(11-12(13)2)8-5-10-16-3/h12-14H,4-11H2,1-3H3. The maximum absolute atomic E-state index is 3.68. The molecule has 1 saturated heterocycles. The SMILES string of the molecule is CCCNC1CCN(CCCSC)CC1C. The highest BCUT2D eigenvalue weighted by Gasteiger charge is 2.24. The number of hydrogen-bond donors (Lipinski definition) is 1. The van der Waals surface area contributed by atoms with Crippen molar-refractivity contribution in [3.05, 3.63) is 0 Å². The van der Waals surface area contributed by atoms with Crippen LogP contribution in [0.25, 0.3) is 0 Å².